The molecule has 3 atom stereocenters. The second-order valence-corrected chi connectivity index (χ2v) is 7.45. The number of carbonyl (C=O) groups excluding carboxylic acids is 2. The Kier molecular flexibility index (Phi) is 5.23. The van der Waals surface area contributed by atoms with Crippen molar-refractivity contribution in [1.82, 2.24) is 14.8 Å². The third-order valence-corrected chi connectivity index (χ3v) is 5.43. The molecule has 0 saturated carbocycles. The summed E-state index contributed by atoms with van der Waals surface area (Å²) < 4.78 is 33.6. The van der Waals surface area contributed by atoms with Crippen LogP contribution in [0, 0.1) is 11.6 Å². The van der Waals surface area contributed by atoms with Crippen LogP contribution in [0.3, 0.4) is 0 Å². The Balaban J connectivity index is 1.62. The number of carbonyl (C=O) groups is 2. The van der Waals surface area contributed by atoms with Crippen molar-refractivity contribution in [3.8, 4) is 5.75 Å². The van der Waals surface area contributed by atoms with Crippen LogP contribution < -0.4 is 10.7 Å². The van der Waals surface area contributed by atoms with Crippen molar-refractivity contribution in [3.63, 3.8) is 0 Å². The smallest absolute Gasteiger partial charge is 0.277 e. The number of benzene rings is 1. The van der Waals surface area contributed by atoms with E-state index >= 15 is 0 Å². The van der Waals surface area contributed by atoms with Gasteiger partial charge in [-0.3, -0.25) is 14.4 Å². The summed E-state index contributed by atoms with van der Waals surface area (Å²) in [4.78, 5) is 39.2. The van der Waals surface area contributed by atoms with Gasteiger partial charge in [-0.25, -0.2) is 8.78 Å². The zero-order chi connectivity index (χ0) is 22.4. The number of amides is 2. The van der Waals surface area contributed by atoms with Gasteiger partial charge in [-0.05, 0) is 13.0 Å². The number of halogens is 2. The monoisotopic (exact) mass is 435 g/mol. The highest BCUT2D eigenvalue weighted by atomic mass is 19.1. The van der Waals surface area contributed by atoms with E-state index in [1.54, 1.807) is 0 Å². The van der Waals surface area contributed by atoms with Crippen molar-refractivity contribution >= 4 is 11.8 Å². The van der Waals surface area contributed by atoms with E-state index in [-0.39, 0.29) is 31.0 Å². The minimum Gasteiger partial charge on any atom is -0.503 e. The predicted octanol–water partition coefficient (Wildman–Crippen LogP) is 0.324. The number of hydrogen-bond donors (Lipinski definition) is 3. The zero-order valence-electron chi connectivity index (χ0n) is 16.3. The van der Waals surface area contributed by atoms with Crippen LogP contribution in [0.4, 0.5) is 8.78 Å². The summed E-state index contributed by atoms with van der Waals surface area (Å²) in [6, 6.07) is 2.23. The fraction of sp³-hybridized carbons (Fsp3) is 0.350. The van der Waals surface area contributed by atoms with Crippen LogP contribution in [0.25, 0.3) is 0 Å². The maximum atomic E-state index is 13.8. The number of aromatic nitrogens is 1. The number of rotatable bonds is 4. The van der Waals surface area contributed by atoms with Gasteiger partial charge in [0.1, 0.15) is 17.2 Å². The van der Waals surface area contributed by atoms with Gasteiger partial charge in [0.2, 0.25) is 5.43 Å². The average molecular weight is 435 g/mol. The number of nitrogens with zero attached hydrogens (tertiary/aromatic N) is 2. The summed E-state index contributed by atoms with van der Waals surface area (Å²) in [5, 5.41) is 22.6. The first-order valence-electron chi connectivity index (χ1n) is 9.50. The summed E-state index contributed by atoms with van der Waals surface area (Å²) in [5.41, 5.74) is -1.82. The molecule has 2 aliphatic heterocycles. The van der Waals surface area contributed by atoms with Crippen LogP contribution >= 0.6 is 0 Å². The summed E-state index contributed by atoms with van der Waals surface area (Å²) in [6.07, 6.45) is -0.487. The number of aliphatic hydroxyl groups excluding tert-OH is 1. The number of ether oxygens (including phenoxy) is 1. The van der Waals surface area contributed by atoms with Gasteiger partial charge >= 0.3 is 0 Å². The maximum Gasteiger partial charge on any atom is 0.277 e. The van der Waals surface area contributed by atoms with Gasteiger partial charge in [0.05, 0.1) is 25.3 Å². The van der Waals surface area contributed by atoms with Gasteiger partial charge in [-0.2, -0.15) is 0 Å². The van der Waals surface area contributed by atoms with E-state index in [0.717, 1.165) is 18.3 Å². The van der Waals surface area contributed by atoms with Crippen LogP contribution in [0.5, 0.6) is 5.75 Å². The number of nitrogens with one attached hydrogen (secondary N) is 1. The topological polar surface area (TPSA) is 121 Å². The van der Waals surface area contributed by atoms with Gasteiger partial charge in [0, 0.05) is 24.4 Å². The quantitative estimate of drug-likeness (QED) is 0.636. The van der Waals surface area contributed by atoms with E-state index in [1.165, 1.54) is 16.4 Å². The Morgan fingerprint density at radius 3 is 2.77 bits per heavy atom. The number of aliphatic hydroxyl groups is 1. The number of pyridine rings is 1. The number of hydrogen-bond acceptors (Lipinski definition) is 6. The maximum absolute atomic E-state index is 13.8. The molecule has 3 heterocycles. The molecule has 0 radical (unpaired) electrons. The van der Waals surface area contributed by atoms with Crippen molar-refractivity contribution in [2.75, 3.05) is 6.61 Å². The van der Waals surface area contributed by atoms with Crippen molar-refractivity contribution in [2.24, 2.45) is 0 Å². The van der Waals surface area contributed by atoms with E-state index in [2.05, 4.69) is 5.32 Å². The van der Waals surface area contributed by atoms with Crippen LogP contribution in [-0.2, 0) is 17.8 Å². The molecule has 1 aromatic carbocycles. The van der Waals surface area contributed by atoms with E-state index < -0.39 is 58.6 Å². The lowest BCUT2D eigenvalue weighted by Gasteiger charge is -2.35. The Labute approximate surface area is 174 Å². The van der Waals surface area contributed by atoms with Gasteiger partial charge in [-0.1, -0.05) is 6.07 Å². The molecular formula is C20H19F2N3O6. The van der Waals surface area contributed by atoms with Crippen LogP contribution in [0.15, 0.2) is 29.2 Å². The first-order valence-corrected chi connectivity index (χ1v) is 9.50. The highest BCUT2D eigenvalue weighted by Crippen LogP contribution is 2.30. The minimum atomic E-state index is -1.07. The molecule has 0 spiro atoms. The van der Waals surface area contributed by atoms with Gasteiger partial charge in [0.15, 0.2) is 17.7 Å². The van der Waals surface area contributed by atoms with Crippen molar-refractivity contribution in [3.05, 3.63) is 63.1 Å². The molecule has 3 N–H and O–H groups in total. The lowest BCUT2D eigenvalue weighted by atomic mass is 10.1. The van der Waals surface area contributed by atoms with Gasteiger partial charge in [-0.15, -0.1) is 0 Å². The molecule has 9 nitrogen and oxygen atoms in total. The summed E-state index contributed by atoms with van der Waals surface area (Å²) in [7, 11) is 0. The molecule has 4 rings (SSSR count). The lowest BCUT2D eigenvalue weighted by molar-refractivity contribution is -0.000244. The molecule has 1 aromatic heterocycles. The molecule has 0 bridgehead atoms. The fourth-order valence-corrected chi connectivity index (χ4v) is 3.78. The highest BCUT2D eigenvalue weighted by Gasteiger charge is 2.46. The second kappa shape index (κ2) is 7.75. The van der Waals surface area contributed by atoms with E-state index in [9.17, 15) is 33.4 Å². The van der Waals surface area contributed by atoms with Crippen LogP contribution in [0.1, 0.15) is 33.3 Å². The molecule has 2 aliphatic rings. The van der Waals surface area contributed by atoms with Crippen molar-refractivity contribution < 1.29 is 33.3 Å². The summed E-state index contributed by atoms with van der Waals surface area (Å²) >= 11 is 0. The van der Waals surface area contributed by atoms with Crippen LogP contribution in [0.2, 0.25) is 0 Å². The standard InChI is InChI=1S/C20H19F2N3O6/c1-9(26)14-8-31-15-7-24-6-12(17(27)18(28)16(24)20(30)25(14)15)19(29)23-5-10-2-3-11(21)4-13(10)22/h2-4,6,9,14-15,26,28H,5,7-8H2,1H3,(H,23,29). The normalized spacial score (nSPS) is 20.9. The van der Waals surface area contributed by atoms with Gasteiger partial charge < -0.3 is 29.7 Å². The first kappa shape index (κ1) is 20.9. The predicted molar refractivity (Wildman–Crippen MR) is 101 cm³/mol. The average Bonchev–Trinajstić information content (AvgIpc) is 3.14. The van der Waals surface area contributed by atoms with E-state index in [1.807, 2.05) is 0 Å². The lowest BCUT2D eigenvalue weighted by Crippen LogP contribution is -2.52. The SMILES string of the molecule is CC(O)C1COC2Cn3cc(C(=O)NCc4ccc(F)cc4F)c(=O)c(O)c3C(=O)N21. The molecule has 3 unspecified atom stereocenters. The third kappa shape index (κ3) is 3.55. The minimum absolute atomic E-state index is 0.00590. The molecule has 2 amide bonds. The largest absolute Gasteiger partial charge is 0.503 e. The molecule has 11 heteroatoms. The first-order chi connectivity index (χ1) is 14.7. The zero-order valence-corrected chi connectivity index (χ0v) is 16.3. The summed E-state index contributed by atoms with van der Waals surface area (Å²) in [5.74, 6) is -4.13. The Hall–Kier alpha value is -3.31. The molecule has 0 aliphatic carbocycles. The molecule has 2 aromatic rings. The highest BCUT2D eigenvalue weighted by molar-refractivity contribution is 5.99. The Morgan fingerprint density at radius 2 is 2.10 bits per heavy atom. The summed E-state index contributed by atoms with van der Waals surface area (Å²) in [6.45, 7) is 1.30. The van der Waals surface area contributed by atoms with Crippen molar-refractivity contribution in [2.45, 2.75) is 38.4 Å². The molecule has 1 fully saturated rings. The number of aromatic hydroxyl groups is 1. The molecular weight excluding hydrogens is 416 g/mol. The molecule has 31 heavy (non-hydrogen) atoms. The van der Waals surface area contributed by atoms with E-state index in [4.69, 9.17) is 4.74 Å². The Bertz CT molecular complexity index is 1130. The third-order valence-electron chi connectivity index (χ3n) is 5.43. The molecule has 164 valence electrons. The number of fused-ring (bicyclic) bond motifs is 2. The van der Waals surface area contributed by atoms with Crippen LogP contribution in [-0.4, -0.2) is 56.5 Å². The fourth-order valence-electron chi connectivity index (χ4n) is 3.78. The van der Waals surface area contributed by atoms with E-state index in [0.29, 0.717) is 6.07 Å². The Morgan fingerprint density at radius 1 is 1.35 bits per heavy atom. The van der Waals surface area contributed by atoms with Gasteiger partial charge in [0.25, 0.3) is 11.8 Å². The van der Waals surface area contributed by atoms with Crippen molar-refractivity contribution in [1.29, 1.82) is 0 Å². The molecule has 1 saturated heterocycles. The second-order valence-electron chi connectivity index (χ2n) is 7.45.